The van der Waals surface area contributed by atoms with Gasteiger partial charge >= 0.3 is 0 Å². The summed E-state index contributed by atoms with van der Waals surface area (Å²) in [6.07, 6.45) is 1.87. The predicted octanol–water partition coefficient (Wildman–Crippen LogP) is 3.32. The summed E-state index contributed by atoms with van der Waals surface area (Å²) in [6.45, 7) is 7.74. The van der Waals surface area contributed by atoms with Gasteiger partial charge in [0.1, 0.15) is 11.5 Å². The van der Waals surface area contributed by atoms with E-state index in [2.05, 4.69) is 37.2 Å². The number of aryl methyl sites for hydroxylation is 2. The number of aromatic nitrogens is 3. The lowest BCUT2D eigenvalue weighted by Gasteiger charge is -2.33. The van der Waals surface area contributed by atoms with Crippen molar-refractivity contribution in [1.82, 2.24) is 19.7 Å². The maximum Gasteiger partial charge on any atom is 0.118 e. The van der Waals surface area contributed by atoms with Crippen LogP contribution in [0.2, 0.25) is 0 Å². The van der Waals surface area contributed by atoms with Crippen molar-refractivity contribution in [2.45, 2.75) is 39.6 Å². The number of rotatable bonds is 6. The van der Waals surface area contributed by atoms with Crippen LogP contribution in [0.1, 0.15) is 34.0 Å². The largest absolute Gasteiger partial charge is 0.465 e. The molecule has 0 saturated heterocycles. The molecule has 4 rings (SSSR count). The van der Waals surface area contributed by atoms with Crippen LogP contribution in [0, 0.1) is 13.8 Å². The Morgan fingerprint density at radius 2 is 2.24 bits per heavy atom. The van der Waals surface area contributed by atoms with Gasteiger partial charge in [0.15, 0.2) is 0 Å². The van der Waals surface area contributed by atoms with Crippen LogP contribution in [0.25, 0.3) is 0 Å². The maximum atomic E-state index is 5.93. The van der Waals surface area contributed by atoms with E-state index in [1.54, 1.807) is 11.3 Å². The third kappa shape index (κ3) is 3.84. The molecule has 3 aromatic heterocycles. The second-order valence-electron chi connectivity index (χ2n) is 6.48. The Balaban J connectivity index is 1.39. The van der Waals surface area contributed by atoms with Crippen LogP contribution in [0.4, 0.5) is 0 Å². The van der Waals surface area contributed by atoms with Gasteiger partial charge in [0, 0.05) is 24.7 Å². The molecule has 7 heteroatoms. The van der Waals surface area contributed by atoms with E-state index >= 15 is 0 Å². The first-order chi connectivity index (χ1) is 12.2. The zero-order valence-corrected chi connectivity index (χ0v) is 15.3. The fourth-order valence-electron chi connectivity index (χ4n) is 3.27. The lowest BCUT2D eigenvalue weighted by molar-refractivity contribution is 0.0503. The van der Waals surface area contributed by atoms with Gasteiger partial charge in [-0.2, -0.15) is 5.10 Å². The molecule has 1 unspecified atom stereocenters. The quantitative estimate of drug-likeness (QED) is 0.676. The van der Waals surface area contributed by atoms with Crippen LogP contribution < -0.4 is 0 Å². The molecule has 0 saturated carbocycles. The third-order valence-electron chi connectivity index (χ3n) is 4.35. The standard InChI is InChI=1S/C18H22N4O2S/c1-13-3-4-18(24-13)9-21-7-16-5-6-19-22(16)17(8-21)11-23-10-15-12-25-14(2)20-15/h3-6,12,17H,7-11H2,1-2H3. The Bertz CT molecular complexity index is 838. The summed E-state index contributed by atoms with van der Waals surface area (Å²) < 4.78 is 13.8. The highest BCUT2D eigenvalue weighted by Crippen LogP contribution is 2.23. The lowest BCUT2D eigenvalue weighted by Crippen LogP contribution is -2.39. The van der Waals surface area contributed by atoms with Gasteiger partial charge in [0.05, 0.1) is 42.2 Å². The summed E-state index contributed by atoms with van der Waals surface area (Å²) in [5.74, 6) is 1.96. The lowest BCUT2D eigenvalue weighted by atomic mass is 10.2. The first kappa shape index (κ1) is 16.5. The van der Waals surface area contributed by atoms with Gasteiger partial charge in [0.25, 0.3) is 0 Å². The molecule has 0 aliphatic carbocycles. The Morgan fingerprint density at radius 3 is 3.00 bits per heavy atom. The molecule has 0 bridgehead atoms. The van der Waals surface area contributed by atoms with Gasteiger partial charge in [-0.1, -0.05) is 0 Å². The minimum absolute atomic E-state index is 0.203. The monoisotopic (exact) mass is 358 g/mol. The molecule has 25 heavy (non-hydrogen) atoms. The fourth-order valence-corrected chi connectivity index (χ4v) is 3.87. The van der Waals surface area contributed by atoms with E-state index in [4.69, 9.17) is 9.15 Å². The van der Waals surface area contributed by atoms with Crippen LogP contribution in [0.3, 0.4) is 0 Å². The topological polar surface area (TPSA) is 56.3 Å². The first-order valence-corrected chi connectivity index (χ1v) is 9.34. The smallest absolute Gasteiger partial charge is 0.118 e. The highest BCUT2D eigenvalue weighted by molar-refractivity contribution is 7.09. The summed E-state index contributed by atoms with van der Waals surface area (Å²) in [4.78, 5) is 6.83. The zero-order valence-electron chi connectivity index (χ0n) is 14.5. The molecule has 6 nitrogen and oxygen atoms in total. The van der Waals surface area contributed by atoms with Crippen molar-refractivity contribution in [3.63, 3.8) is 0 Å². The molecule has 1 atom stereocenters. The van der Waals surface area contributed by atoms with Gasteiger partial charge in [-0.05, 0) is 32.0 Å². The van der Waals surface area contributed by atoms with Crippen molar-refractivity contribution in [3.8, 4) is 0 Å². The Kier molecular flexibility index (Phi) is 4.70. The SMILES string of the molecule is Cc1ccc(CN2Cc3ccnn3C(COCc3csc(C)n3)C2)o1. The normalized spacial score (nSPS) is 17.8. The van der Waals surface area contributed by atoms with Gasteiger partial charge < -0.3 is 9.15 Å². The summed E-state index contributed by atoms with van der Waals surface area (Å²) in [5, 5.41) is 7.62. The summed E-state index contributed by atoms with van der Waals surface area (Å²) in [6, 6.07) is 6.35. The molecule has 1 aliphatic heterocycles. The molecule has 1 aliphatic rings. The first-order valence-electron chi connectivity index (χ1n) is 8.46. The van der Waals surface area contributed by atoms with Crippen LogP contribution in [-0.2, 0) is 24.4 Å². The van der Waals surface area contributed by atoms with Crippen LogP contribution in [-0.4, -0.2) is 32.8 Å². The third-order valence-corrected chi connectivity index (χ3v) is 5.18. The van der Waals surface area contributed by atoms with E-state index < -0.39 is 0 Å². The van der Waals surface area contributed by atoms with Crippen LogP contribution in [0.5, 0.6) is 0 Å². The van der Waals surface area contributed by atoms with E-state index in [9.17, 15) is 0 Å². The van der Waals surface area contributed by atoms with Crippen LogP contribution >= 0.6 is 11.3 Å². The molecular weight excluding hydrogens is 336 g/mol. The Hall–Kier alpha value is -1.96. The van der Waals surface area contributed by atoms with Crippen molar-refractivity contribution in [1.29, 1.82) is 0 Å². The summed E-state index contributed by atoms with van der Waals surface area (Å²) in [5.41, 5.74) is 2.22. The molecule has 0 radical (unpaired) electrons. The number of nitrogens with zero attached hydrogens (tertiary/aromatic N) is 4. The number of hydrogen-bond donors (Lipinski definition) is 0. The molecule has 0 N–H and O–H groups in total. The zero-order chi connectivity index (χ0) is 17.2. The predicted molar refractivity (Wildman–Crippen MR) is 95.3 cm³/mol. The van der Waals surface area contributed by atoms with E-state index in [0.717, 1.165) is 41.9 Å². The van der Waals surface area contributed by atoms with Crippen molar-refractivity contribution < 1.29 is 9.15 Å². The molecule has 3 aromatic rings. The molecular formula is C18H22N4O2S. The van der Waals surface area contributed by atoms with Gasteiger partial charge in [-0.15, -0.1) is 11.3 Å². The van der Waals surface area contributed by atoms with E-state index in [1.807, 2.05) is 26.1 Å². The van der Waals surface area contributed by atoms with Gasteiger partial charge in [0.2, 0.25) is 0 Å². The minimum atomic E-state index is 0.203. The van der Waals surface area contributed by atoms with E-state index in [0.29, 0.717) is 13.2 Å². The van der Waals surface area contributed by atoms with Crippen molar-refractivity contribution in [3.05, 3.63) is 57.7 Å². The van der Waals surface area contributed by atoms with Gasteiger partial charge in [-0.3, -0.25) is 9.58 Å². The summed E-state index contributed by atoms with van der Waals surface area (Å²) in [7, 11) is 0. The molecule has 4 heterocycles. The minimum Gasteiger partial charge on any atom is -0.465 e. The van der Waals surface area contributed by atoms with Crippen LogP contribution in [0.15, 0.2) is 34.2 Å². The average Bonchev–Trinajstić information content (AvgIpc) is 3.29. The maximum absolute atomic E-state index is 5.93. The number of hydrogen-bond acceptors (Lipinski definition) is 6. The van der Waals surface area contributed by atoms with Crippen molar-refractivity contribution in [2.24, 2.45) is 0 Å². The highest BCUT2D eigenvalue weighted by Gasteiger charge is 2.26. The molecule has 132 valence electrons. The molecule has 0 fully saturated rings. The molecule has 0 spiro atoms. The molecule has 0 amide bonds. The number of thiazole rings is 1. The Morgan fingerprint density at radius 1 is 1.32 bits per heavy atom. The Labute approximate surface area is 151 Å². The molecule has 0 aromatic carbocycles. The second kappa shape index (κ2) is 7.11. The second-order valence-corrected chi connectivity index (χ2v) is 7.54. The number of ether oxygens (including phenoxy) is 1. The highest BCUT2D eigenvalue weighted by atomic mass is 32.1. The summed E-state index contributed by atoms with van der Waals surface area (Å²) >= 11 is 1.66. The van der Waals surface area contributed by atoms with E-state index in [-0.39, 0.29) is 6.04 Å². The number of furan rings is 1. The fraction of sp³-hybridized carbons (Fsp3) is 0.444. The van der Waals surface area contributed by atoms with Crippen molar-refractivity contribution >= 4 is 11.3 Å². The number of fused-ring (bicyclic) bond motifs is 1. The van der Waals surface area contributed by atoms with E-state index in [1.165, 1.54) is 5.69 Å². The van der Waals surface area contributed by atoms with Gasteiger partial charge in [-0.25, -0.2) is 4.98 Å². The average molecular weight is 358 g/mol. The van der Waals surface area contributed by atoms with Crippen molar-refractivity contribution in [2.75, 3.05) is 13.2 Å².